The predicted molar refractivity (Wildman–Crippen MR) is 76.6 cm³/mol. The molecule has 0 aliphatic carbocycles. The van der Waals surface area contributed by atoms with Gasteiger partial charge >= 0.3 is 0 Å². The molecule has 0 aromatic carbocycles. The Morgan fingerprint density at radius 1 is 1.28 bits per heavy atom. The third-order valence-electron chi connectivity index (χ3n) is 3.51. The molecule has 0 aromatic rings. The van der Waals surface area contributed by atoms with Gasteiger partial charge in [0.15, 0.2) is 0 Å². The van der Waals surface area contributed by atoms with Crippen LogP contribution in [0.1, 0.15) is 33.1 Å². The van der Waals surface area contributed by atoms with Gasteiger partial charge < -0.3 is 10.2 Å². The Hall–Kier alpha value is -0.130. The summed E-state index contributed by atoms with van der Waals surface area (Å²) >= 11 is 0. The molecular formula is C13H28N2O2S. The molecule has 0 aromatic heterocycles. The lowest BCUT2D eigenvalue weighted by Gasteiger charge is -2.32. The van der Waals surface area contributed by atoms with E-state index in [4.69, 9.17) is 0 Å². The van der Waals surface area contributed by atoms with E-state index in [1.165, 1.54) is 19.1 Å². The highest BCUT2D eigenvalue weighted by Gasteiger charge is 2.19. The van der Waals surface area contributed by atoms with E-state index in [-0.39, 0.29) is 0 Å². The number of hydrogen-bond donors (Lipinski definition) is 1. The number of hydrogen-bond acceptors (Lipinski definition) is 4. The van der Waals surface area contributed by atoms with Gasteiger partial charge in [-0.05, 0) is 51.4 Å². The molecule has 1 aliphatic heterocycles. The second-order valence-corrected chi connectivity index (χ2v) is 8.09. The minimum atomic E-state index is -2.79. The third kappa shape index (κ3) is 7.34. The van der Waals surface area contributed by atoms with Gasteiger partial charge in [0, 0.05) is 12.3 Å². The first-order valence-corrected chi connectivity index (χ1v) is 9.06. The Morgan fingerprint density at radius 2 is 1.89 bits per heavy atom. The average molecular weight is 276 g/mol. The lowest BCUT2D eigenvalue weighted by molar-refractivity contribution is 0.181. The third-order valence-corrected chi connectivity index (χ3v) is 4.54. The fourth-order valence-corrected chi connectivity index (χ4v) is 3.02. The van der Waals surface area contributed by atoms with Crippen LogP contribution in [0.4, 0.5) is 0 Å². The van der Waals surface area contributed by atoms with Crippen molar-refractivity contribution in [1.82, 2.24) is 10.2 Å². The van der Waals surface area contributed by atoms with E-state index in [1.807, 2.05) is 0 Å². The molecule has 18 heavy (non-hydrogen) atoms. The molecule has 1 aliphatic rings. The van der Waals surface area contributed by atoms with Crippen molar-refractivity contribution in [1.29, 1.82) is 0 Å². The Bertz CT molecular complexity index is 320. The molecule has 0 unspecified atom stereocenters. The van der Waals surface area contributed by atoms with Crippen molar-refractivity contribution in [2.24, 2.45) is 5.92 Å². The van der Waals surface area contributed by atoms with Gasteiger partial charge in [0.25, 0.3) is 0 Å². The molecule has 108 valence electrons. The summed E-state index contributed by atoms with van der Waals surface area (Å²) in [5, 5.41) is 3.50. The standard InChI is InChI=1S/C13H28N2O2S/c1-12(2)14-11-13-5-8-15(9-6-13)7-4-10-18(3,16)17/h12-14H,4-11H2,1-3H3. The van der Waals surface area contributed by atoms with Crippen molar-refractivity contribution >= 4 is 9.84 Å². The molecule has 1 heterocycles. The van der Waals surface area contributed by atoms with Gasteiger partial charge in [0.05, 0.1) is 5.75 Å². The minimum Gasteiger partial charge on any atom is -0.314 e. The molecule has 0 atom stereocenters. The molecule has 0 saturated carbocycles. The maximum atomic E-state index is 11.0. The zero-order valence-electron chi connectivity index (χ0n) is 12.0. The Labute approximate surface area is 112 Å². The van der Waals surface area contributed by atoms with Crippen LogP contribution in [0.2, 0.25) is 0 Å². The van der Waals surface area contributed by atoms with Gasteiger partial charge in [-0.2, -0.15) is 0 Å². The summed E-state index contributed by atoms with van der Waals surface area (Å²) in [6.45, 7) is 8.65. The van der Waals surface area contributed by atoms with Crippen LogP contribution in [-0.4, -0.2) is 57.5 Å². The van der Waals surface area contributed by atoms with Crippen LogP contribution in [0.5, 0.6) is 0 Å². The van der Waals surface area contributed by atoms with E-state index in [1.54, 1.807) is 0 Å². The first kappa shape index (κ1) is 15.9. The second kappa shape index (κ2) is 7.46. The minimum absolute atomic E-state index is 0.321. The fourth-order valence-electron chi connectivity index (χ4n) is 2.37. The lowest BCUT2D eigenvalue weighted by Crippen LogP contribution is -2.39. The van der Waals surface area contributed by atoms with Gasteiger partial charge in [-0.1, -0.05) is 13.8 Å². The van der Waals surface area contributed by atoms with Crippen LogP contribution in [-0.2, 0) is 9.84 Å². The zero-order valence-corrected chi connectivity index (χ0v) is 12.8. The van der Waals surface area contributed by atoms with Crippen molar-refractivity contribution in [2.45, 2.75) is 39.2 Å². The summed E-state index contributed by atoms with van der Waals surface area (Å²) in [5.74, 6) is 1.11. The van der Waals surface area contributed by atoms with Crippen LogP contribution in [0, 0.1) is 5.92 Å². The monoisotopic (exact) mass is 276 g/mol. The summed E-state index contributed by atoms with van der Waals surface area (Å²) in [7, 11) is -2.79. The summed E-state index contributed by atoms with van der Waals surface area (Å²) in [6, 6.07) is 0.567. The molecule has 4 nitrogen and oxygen atoms in total. The van der Waals surface area contributed by atoms with Crippen LogP contribution in [0.3, 0.4) is 0 Å². The maximum absolute atomic E-state index is 11.0. The SMILES string of the molecule is CC(C)NCC1CCN(CCCS(C)(=O)=O)CC1. The average Bonchev–Trinajstić information content (AvgIpc) is 2.26. The number of rotatable bonds is 7. The van der Waals surface area contributed by atoms with E-state index in [2.05, 4.69) is 24.1 Å². The number of piperidine rings is 1. The highest BCUT2D eigenvalue weighted by Crippen LogP contribution is 2.16. The number of likely N-dealkylation sites (tertiary alicyclic amines) is 1. The Balaban J connectivity index is 2.12. The van der Waals surface area contributed by atoms with E-state index in [9.17, 15) is 8.42 Å². The summed E-state index contributed by atoms with van der Waals surface area (Å²) in [5.41, 5.74) is 0. The number of nitrogens with zero attached hydrogens (tertiary/aromatic N) is 1. The molecule has 1 rings (SSSR count). The normalized spacial score (nSPS) is 19.6. The van der Waals surface area contributed by atoms with Crippen LogP contribution >= 0.6 is 0 Å². The van der Waals surface area contributed by atoms with Crippen molar-refractivity contribution in [3.8, 4) is 0 Å². The van der Waals surface area contributed by atoms with Crippen molar-refractivity contribution in [2.75, 3.05) is 38.2 Å². The first-order valence-electron chi connectivity index (χ1n) is 7.00. The second-order valence-electron chi connectivity index (χ2n) is 5.83. The molecule has 1 N–H and O–H groups in total. The smallest absolute Gasteiger partial charge is 0.147 e. The van der Waals surface area contributed by atoms with Gasteiger partial charge in [0.2, 0.25) is 0 Å². The fraction of sp³-hybridized carbons (Fsp3) is 1.00. The van der Waals surface area contributed by atoms with Gasteiger partial charge in [0.1, 0.15) is 9.84 Å². The summed E-state index contributed by atoms with van der Waals surface area (Å²) in [6.07, 6.45) is 4.56. The van der Waals surface area contributed by atoms with Gasteiger partial charge in [-0.3, -0.25) is 0 Å². The van der Waals surface area contributed by atoms with E-state index in [0.717, 1.165) is 38.5 Å². The number of sulfone groups is 1. The largest absolute Gasteiger partial charge is 0.314 e. The molecule has 1 fully saturated rings. The van der Waals surface area contributed by atoms with Gasteiger partial charge in [-0.25, -0.2) is 8.42 Å². The highest BCUT2D eigenvalue weighted by atomic mass is 32.2. The van der Waals surface area contributed by atoms with E-state index >= 15 is 0 Å². The van der Waals surface area contributed by atoms with Crippen LogP contribution in [0.15, 0.2) is 0 Å². The summed E-state index contributed by atoms with van der Waals surface area (Å²) < 4.78 is 22.1. The molecular weight excluding hydrogens is 248 g/mol. The zero-order chi connectivity index (χ0) is 13.6. The molecule has 0 radical (unpaired) electrons. The van der Waals surface area contributed by atoms with Crippen molar-refractivity contribution in [3.05, 3.63) is 0 Å². The topological polar surface area (TPSA) is 49.4 Å². The molecule has 0 bridgehead atoms. The summed E-state index contributed by atoms with van der Waals surface area (Å²) in [4.78, 5) is 2.40. The van der Waals surface area contributed by atoms with E-state index < -0.39 is 9.84 Å². The predicted octanol–water partition coefficient (Wildman–Crippen LogP) is 1.13. The quantitative estimate of drug-likeness (QED) is 0.757. The Morgan fingerprint density at radius 3 is 2.39 bits per heavy atom. The van der Waals surface area contributed by atoms with E-state index in [0.29, 0.717) is 11.8 Å². The molecule has 0 amide bonds. The van der Waals surface area contributed by atoms with Crippen LogP contribution in [0.25, 0.3) is 0 Å². The molecule has 1 saturated heterocycles. The Kier molecular flexibility index (Phi) is 6.60. The maximum Gasteiger partial charge on any atom is 0.147 e. The number of nitrogens with one attached hydrogen (secondary N) is 1. The van der Waals surface area contributed by atoms with Crippen LogP contribution < -0.4 is 5.32 Å². The molecule has 5 heteroatoms. The van der Waals surface area contributed by atoms with Crippen molar-refractivity contribution in [3.63, 3.8) is 0 Å². The highest BCUT2D eigenvalue weighted by molar-refractivity contribution is 7.90. The molecule has 0 spiro atoms. The van der Waals surface area contributed by atoms with Crippen molar-refractivity contribution < 1.29 is 8.42 Å². The first-order chi connectivity index (χ1) is 8.37. The van der Waals surface area contributed by atoms with Gasteiger partial charge in [-0.15, -0.1) is 0 Å². The lowest BCUT2D eigenvalue weighted by atomic mass is 9.96.